The van der Waals surface area contributed by atoms with Crippen molar-refractivity contribution in [3.05, 3.63) is 29.6 Å². The number of hydrogen-bond donors (Lipinski definition) is 2. The van der Waals surface area contributed by atoms with Gasteiger partial charge in [0.1, 0.15) is 11.4 Å². The van der Waals surface area contributed by atoms with Gasteiger partial charge in [0.15, 0.2) is 0 Å². The first-order valence-corrected chi connectivity index (χ1v) is 6.13. The molecule has 0 heterocycles. The quantitative estimate of drug-likeness (QED) is 0.834. The number of carbonyl (C=O) groups is 1. The molecule has 0 bridgehead atoms. The molecule has 2 N–H and O–H groups in total. The van der Waals surface area contributed by atoms with Gasteiger partial charge < -0.3 is 10.4 Å². The first-order valence-electron chi connectivity index (χ1n) is 4.84. The Kier molecular flexibility index (Phi) is 4.61. The second-order valence-electron chi connectivity index (χ2n) is 3.39. The van der Waals surface area contributed by atoms with Gasteiger partial charge in [0.25, 0.3) is 0 Å². The van der Waals surface area contributed by atoms with E-state index in [1.165, 1.54) is 6.07 Å². The highest BCUT2D eigenvalue weighted by atomic mass is 32.2. The summed E-state index contributed by atoms with van der Waals surface area (Å²) < 4.78 is 13.3. The average molecular weight is 243 g/mol. The van der Waals surface area contributed by atoms with E-state index in [-0.39, 0.29) is 5.56 Å². The van der Waals surface area contributed by atoms with Gasteiger partial charge in [-0.1, -0.05) is 13.0 Å². The minimum atomic E-state index is -1.25. The number of carboxylic acids is 1. The third kappa shape index (κ3) is 3.13. The highest BCUT2D eigenvalue weighted by molar-refractivity contribution is 7.99. The number of rotatable bonds is 5. The second-order valence-corrected chi connectivity index (χ2v) is 4.67. The zero-order chi connectivity index (χ0) is 12.1. The molecule has 0 aliphatic rings. The van der Waals surface area contributed by atoms with Gasteiger partial charge in [-0.3, -0.25) is 0 Å². The smallest absolute Gasteiger partial charge is 0.340 e. The van der Waals surface area contributed by atoms with Crippen LogP contribution in [0.1, 0.15) is 17.3 Å². The summed E-state index contributed by atoms with van der Waals surface area (Å²) in [5.74, 6) is -1.97. The summed E-state index contributed by atoms with van der Waals surface area (Å²) >= 11 is 1.66. The summed E-state index contributed by atoms with van der Waals surface area (Å²) in [6.07, 6.45) is 1.97. The molecule has 1 atom stereocenters. The van der Waals surface area contributed by atoms with Crippen LogP contribution in [0, 0.1) is 5.82 Å². The number of benzene rings is 1. The summed E-state index contributed by atoms with van der Waals surface area (Å²) in [7, 11) is 0. The summed E-state index contributed by atoms with van der Waals surface area (Å²) in [4.78, 5) is 10.9. The number of aromatic carboxylic acids is 1. The molecule has 5 heteroatoms. The van der Waals surface area contributed by atoms with Gasteiger partial charge in [-0.05, 0) is 18.4 Å². The minimum absolute atomic E-state index is 0.296. The van der Waals surface area contributed by atoms with Crippen LogP contribution in [0.15, 0.2) is 18.2 Å². The van der Waals surface area contributed by atoms with Crippen LogP contribution in [-0.2, 0) is 0 Å². The lowest BCUT2D eigenvalue weighted by Crippen LogP contribution is -2.15. The van der Waals surface area contributed by atoms with Crippen LogP contribution in [0.25, 0.3) is 0 Å². The van der Waals surface area contributed by atoms with E-state index in [4.69, 9.17) is 5.11 Å². The van der Waals surface area contributed by atoms with Gasteiger partial charge in [-0.25, -0.2) is 9.18 Å². The number of carboxylic acid groups (broad SMARTS) is 1. The van der Waals surface area contributed by atoms with Crippen LogP contribution in [0.5, 0.6) is 0 Å². The molecule has 0 aromatic heterocycles. The van der Waals surface area contributed by atoms with Gasteiger partial charge in [0.2, 0.25) is 0 Å². The van der Waals surface area contributed by atoms with Crippen molar-refractivity contribution in [1.29, 1.82) is 0 Å². The van der Waals surface area contributed by atoms with Crippen molar-refractivity contribution in [3.63, 3.8) is 0 Å². The van der Waals surface area contributed by atoms with Crippen LogP contribution in [0.2, 0.25) is 0 Å². The molecule has 0 radical (unpaired) electrons. The van der Waals surface area contributed by atoms with E-state index in [9.17, 15) is 9.18 Å². The Morgan fingerprint density at radius 1 is 1.62 bits per heavy atom. The molecule has 0 saturated carbocycles. The Hall–Kier alpha value is -1.23. The third-order valence-electron chi connectivity index (χ3n) is 2.21. The van der Waals surface area contributed by atoms with E-state index in [1.54, 1.807) is 17.8 Å². The molecule has 3 nitrogen and oxygen atoms in total. The number of anilines is 1. The van der Waals surface area contributed by atoms with E-state index in [0.717, 1.165) is 6.07 Å². The standard InChI is InChI=1S/C11H14FNO2S/c1-7(16-2)6-13-9-5-3-4-8(12)10(9)11(14)15/h3-5,7,13H,6H2,1-2H3,(H,14,15). The number of hydrogen-bond acceptors (Lipinski definition) is 3. The Morgan fingerprint density at radius 3 is 2.88 bits per heavy atom. The highest BCUT2D eigenvalue weighted by Gasteiger charge is 2.15. The van der Waals surface area contributed by atoms with Crippen molar-refractivity contribution >= 4 is 23.4 Å². The second kappa shape index (κ2) is 5.75. The van der Waals surface area contributed by atoms with Crippen LogP contribution >= 0.6 is 11.8 Å². The maximum absolute atomic E-state index is 13.3. The summed E-state index contributed by atoms with van der Waals surface area (Å²) in [5, 5.41) is 12.2. The number of thioether (sulfide) groups is 1. The van der Waals surface area contributed by atoms with E-state index in [0.29, 0.717) is 17.5 Å². The predicted octanol–water partition coefficient (Wildman–Crippen LogP) is 2.69. The van der Waals surface area contributed by atoms with E-state index >= 15 is 0 Å². The Bertz CT molecular complexity index is 384. The lowest BCUT2D eigenvalue weighted by molar-refractivity contribution is 0.0693. The summed E-state index contributed by atoms with van der Waals surface area (Å²) in [6, 6.07) is 4.21. The minimum Gasteiger partial charge on any atom is -0.478 e. The average Bonchev–Trinajstić information content (AvgIpc) is 2.25. The zero-order valence-corrected chi connectivity index (χ0v) is 9.97. The summed E-state index contributed by atoms with van der Waals surface area (Å²) in [6.45, 7) is 2.61. The molecule has 16 heavy (non-hydrogen) atoms. The van der Waals surface area contributed by atoms with E-state index in [1.807, 2.05) is 13.2 Å². The normalized spacial score (nSPS) is 12.2. The molecule has 0 aliphatic carbocycles. The fourth-order valence-corrected chi connectivity index (χ4v) is 1.48. The lowest BCUT2D eigenvalue weighted by atomic mass is 10.1. The van der Waals surface area contributed by atoms with Gasteiger partial charge in [-0.15, -0.1) is 0 Å². The van der Waals surface area contributed by atoms with Crippen molar-refractivity contribution in [2.45, 2.75) is 12.2 Å². The van der Waals surface area contributed by atoms with Crippen LogP contribution in [-0.4, -0.2) is 29.1 Å². The van der Waals surface area contributed by atoms with E-state index < -0.39 is 11.8 Å². The first-order chi connectivity index (χ1) is 7.56. The first kappa shape index (κ1) is 12.8. The third-order valence-corrected chi connectivity index (χ3v) is 3.18. The van der Waals surface area contributed by atoms with Crippen LogP contribution in [0.3, 0.4) is 0 Å². The summed E-state index contributed by atoms with van der Waals surface area (Å²) in [5.41, 5.74) is 0.0317. The zero-order valence-electron chi connectivity index (χ0n) is 9.16. The fourth-order valence-electron chi connectivity index (χ4n) is 1.23. The molecule has 1 rings (SSSR count). The maximum atomic E-state index is 13.3. The Balaban J connectivity index is 2.87. The number of halogens is 1. The van der Waals surface area contributed by atoms with Gasteiger partial charge in [0, 0.05) is 11.8 Å². The van der Waals surface area contributed by atoms with Gasteiger partial charge in [-0.2, -0.15) is 11.8 Å². The maximum Gasteiger partial charge on any atom is 0.340 e. The molecule has 0 fully saturated rings. The van der Waals surface area contributed by atoms with Crippen molar-refractivity contribution < 1.29 is 14.3 Å². The SMILES string of the molecule is CSC(C)CNc1cccc(F)c1C(=O)O. The Labute approximate surface area is 98.1 Å². The van der Waals surface area contributed by atoms with Crippen LogP contribution in [0.4, 0.5) is 10.1 Å². The molecule has 0 aliphatic heterocycles. The molecular formula is C11H14FNO2S. The molecule has 1 aromatic carbocycles. The van der Waals surface area contributed by atoms with E-state index in [2.05, 4.69) is 5.32 Å². The Morgan fingerprint density at radius 2 is 2.31 bits per heavy atom. The molecule has 1 aromatic rings. The van der Waals surface area contributed by atoms with Crippen molar-refractivity contribution in [3.8, 4) is 0 Å². The molecular weight excluding hydrogens is 229 g/mol. The van der Waals surface area contributed by atoms with Crippen molar-refractivity contribution in [2.75, 3.05) is 18.1 Å². The fraction of sp³-hybridized carbons (Fsp3) is 0.364. The molecule has 0 spiro atoms. The van der Waals surface area contributed by atoms with Crippen LogP contribution < -0.4 is 5.32 Å². The van der Waals surface area contributed by atoms with Gasteiger partial charge in [0.05, 0.1) is 5.69 Å². The van der Waals surface area contributed by atoms with Crippen molar-refractivity contribution in [2.24, 2.45) is 0 Å². The molecule has 0 saturated heterocycles. The lowest BCUT2D eigenvalue weighted by Gasteiger charge is -2.13. The van der Waals surface area contributed by atoms with Gasteiger partial charge >= 0.3 is 5.97 Å². The van der Waals surface area contributed by atoms with Crippen molar-refractivity contribution in [1.82, 2.24) is 0 Å². The molecule has 1 unspecified atom stereocenters. The molecule has 88 valence electrons. The molecule has 0 amide bonds. The highest BCUT2D eigenvalue weighted by Crippen LogP contribution is 2.19. The predicted molar refractivity (Wildman–Crippen MR) is 64.8 cm³/mol. The number of nitrogens with one attached hydrogen (secondary N) is 1. The monoisotopic (exact) mass is 243 g/mol. The topological polar surface area (TPSA) is 49.3 Å². The largest absolute Gasteiger partial charge is 0.478 e.